The summed E-state index contributed by atoms with van der Waals surface area (Å²) in [7, 11) is 0. The highest BCUT2D eigenvalue weighted by molar-refractivity contribution is 7.07. The van der Waals surface area contributed by atoms with E-state index in [2.05, 4.69) is 15.5 Å². The molecule has 0 saturated heterocycles. The second-order valence-electron chi connectivity index (χ2n) is 4.48. The van der Waals surface area contributed by atoms with Crippen molar-refractivity contribution in [3.05, 3.63) is 22.5 Å². The zero-order valence-electron chi connectivity index (χ0n) is 9.67. The molecule has 1 fully saturated rings. The fraction of sp³-hybridized carbons (Fsp3) is 0.417. The number of amides is 1. The first kappa shape index (κ1) is 11.6. The first-order valence-corrected chi connectivity index (χ1v) is 6.87. The van der Waals surface area contributed by atoms with Crippen molar-refractivity contribution in [1.29, 1.82) is 0 Å². The van der Waals surface area contributed by atoms with Gasteiger partial charge in [-0.3, -0.25) is 4.79 Å². The molecule has 1 saturated carbocycles. The van der Waals surface area contributed by atoms with Crippen LogP contribution in [0.2, 0.25) is 0 Å². The number of fused-ring (bicyclic) bond motifs is 1. The Morgan fingerprint density at radius 1 is 1.44 bits per heavy atom. The SMILES string of the molecule is O=C(N[C@@H]1CCC[C@H]1O)c1nnc2ccscc1-2. The third kappa shape index (κ3) is 1.97. The number of aromatic nitrogens is 2. The maximum Gasteiger partial charge on any atom is 0.272 e. The van der Waals surface area contributed by atoms with Crippen LogP contribution in [0.25, 0.3) is 11.3 Å². The fourth-order valence-corrected chi connectivity index (χ4v) is 2.95. The van der Waals surface area contributed by atoms with E-state index < -0.39 is 6.10 Å². The molecule has 2 atom stereocenters. The van der Waals surface area contributed by atoms with Crippen LogP contribution < -0.4 is 5.32 Å². The summed E-state index contributed by atoms with van der Waals surface area (Å²) in [6, 6.07) is 1.69. The Bertz CT molecular complexity index is 542. The van der Waals surface area contributed by atoms with Crippen LogP contribution in [-0.2, 0) is 0 Å². The molecule has 6 heteroatoms. The van der Waals surface area contributed by atoms with Crippen LogP contribution in [0.1, 0.15) is 29.8 Å². The lowest BCUT2D eigenvalue weighted by atomic mass is 10.1. The number of nitrogens with zero attached hydrogens (tertiary/aromatic N) is 2. The number of hydrogen-bond acceptors (Lipinski definition) is 5. The van der Waals surface area contributed by atoms with Crippen LogP contribution in [0.5, 0.6) is 0 Å². The molecule has 18 heavy (non-hydrogen) atoms. The van der Waals surface area contributed by atoms with Gasteiger partial charge >= 0.3 is 0 Å². The molecule has 5 nitrogen and oxygen atoms in total. The van der Waals surface area contributed by atoms with Crippen molar-refractivity contribution in [1.82, 2.24) is 15.5 Å². The van der Waals surface area contributed by atoms with E-state index in [0.29, 0.717) is 5.69 Å². The number of aliphatic hydroxyl groups excluding tert-OH is 1. The van der Waals surface area contributed by atoms with Gasteiger partial charge in [0.1, 0.15) is 0 Å². The van der Waals surface area contributed by atoms with Crippen LogP contribution in [0.15, 0.2) is 16.8 Å². The van der Waals surface area contributed by atoms with Gasteiger partial charge in [0.05, 0.1) is 17.8 Å². The predicted octanol–water partition coefficient (Wildman–Crippen LogP) is 1.29. The maximum atomic E-state index is 12.1. The van der Waals surface area contributed by atoms with Gasteiger partial charge in [-0.05, 0) is 30.7 Å². The molecule has 1 amide bonds. The molecule has 3 aliphatic rings. The van der Waals surface area contributed by atoms with E-state index in [1.54, 1.807) is 0 Å². The Balaban J connectivity index is 1.80. The number of carbonyl (C=O) groups is 1. The van der Waals surface area contributed by atoms with Gasteiger partial charge < -0.3 is 10.4 Å². The van der Waals surface area contributed by atoms with Gasteiger partial charge in [-0.2, -0.15) is 11.3 Å². The maximum absolute atomic E-state index is 12.1. The molecule has 2 N–H and O–H groups in total. The normalized spacial score (nSPS) is 23.4. The Kier molecular flexibility index (Phi) is 2.97. The van der Waals surface area contributed by atoms with Gasteiger partial charge in [-0.1, -0.05) is 0 Å². The average Bonchev–Trinajstić information content (AvgIpc) is 2.96. The number of nitrogens with one attached hydrogen (secondary N) is 1. The topological polar surface area (TPSA) is 75.1 Å². The van der Waals surface area contributed by atoms with Crippen LogP contribution in [0.3, 0.4) is 0 Å². The summed E-state index contributed by atoms with van der Waals surface area (Å²) >= 11 is 1.50. The van der Waals surface area contributed by atoms with Crippen LogP contribution in [-0.4, -0.2) is 33.4 Å². The lowest BCUT2D eigenvalue weighted by Crippen LogP contribution is -2.40. The summed E-state index contributed by atoms with van der Waals surface area (Å²) in [5.41, 5.74) is 1.85. The molecule has 2 heterocycles. The summed E-state index contributed by atoms with van der Waals surface area (Å²) < 4.78 is 0. The van der Waals surface area contributed by atoms with Crippen LogP contribution in [0, 0.1) is 0 Å². The smallest absolute Gasteiger partial charge is 0.272 e. The van der Waals surface area contributed by atoms with Crippen molar-refractivity contribution in [3.63, 3.8) is 0 Å². The van der Waals surface area contributed by atoms with Crippen molar-refractivity contribution in [3.8, 4) is 11.3 Å². The molecular formula is C12H13N3O2S. The van der Waals surface area contributed by atoms with Gasteiger partial charge in [0.25, 0.3) is 5.91 Å². The van der Waals surface area contributed by atoms with Gasteiger partial charge in [-0.25, -0.2) is 0 Å². The molecule has 0 bridgehead atoms. The lowest BCUT2D eigenvalue weighted by Gasteiger charge is -2.15. The quantitative estimate of drug-likeness (QED) is 0.856. The second-order valence-corrected chi connectivity index (χ2v) is 5.26. The molecule has 2 aliphatic heterocycles. The minimum absolute atomic E-state index is 0.156. The van der Waals surface area contributed by atoms with Crippen molar-refractivity contribution in [2.24, 2.45) is 0 Å². The molecular weight excluding hydrogens is 250 g/mol. The molecule has 0 spiro atoms. The Labute approximate surface area is 108 Å². The van der Waals surface area contributed by atoms with Gasteiger partial charge in [0, 0.05) is 10.9 Å². The van der Waals surface area contributed by atoms with E-state index in [1.165, 1.54) is 11.3 Å². The van der Waals surface area contributed by atoms with Gasteiger partial charge in [0.2, 0.25) is 0 Å². The highest BCUT2D eigenvalue weighted by Crippen LogP contribution is 2.25. The van der Waals surface area contributed by atoms with E-state index in [4.69, 9.17) is 0 Å². The second kappa shape index (κ2) is 4.62. The molecule has 0 aromatic carbocycles. The number of carbonyl (C=O) groups excluding carboxylic acids is 1. The fourth-order valence-electron chi connectivity index (χ4n) is 2.30. The molecule has 0 aromatic rings. The van der Waals surface area contributed by atoms with E-state index in [0.717, 1.165) is 30.5 Å². The first-order chi connectivity index (χ1) is 8.75. The van der Waals surface area contributed by atoms with Gasteiger partial charge in [0.15, 0.2) is 5.69 Å². The highest BCUT2D eigenvalue weighted by Gasteiger charge is 2.29. The molecule has 0 aromatic heterocycles. The molecule has 94 valence electrons. The van der Waals surface area contributed by atoms with Crippen molar-refractivity contribution in [2.75, 3.05) is 0 Å². The zero-order valence-corrected chi connectivity index (χ0v) is 10.5. The summed E-state index contributed by atoms with van der Waals surface area (Å²) in [6.45, 7) is 0. The first-order valence-electron chi connectivity index (χ1n) is 5.93. The minimum atomic E-state index is -0.439. The standard InChI is InChI=1S/C12H13N3O2S/c16-10-3-1-2-9(10)13-12(17)11-7-6-18-5-4-8(7)14-15-11/h4-6,9-10,16H,1-3H2,(H,13,17)/t9-,10-/m1/s1. The van der Waals surface area contributed by atoms with Gasteiger partial charge in [-0.15, -0.1) is 10.2 Å². The summed E-state index contributed by atoms with van der Waals surface area (Å²) in [6.07, 6.45) is 2.08. The highest BCUT2D eigenvalue weighted by atomic mass is 32.1. The van der Waals surface area contributed by atoms with E-state index in [1.807, 2.05) is 16.8 Å². The lowest BCUT2D eigenvalue weighted by molar-refractivity contribution is 0.0869. The monoisotopic (exact) mass is 263 g/mol. The largest absolute Gasteiger partial charge is 0.391 e. The zero-order chi connectivity index (χ0) is 12.5. The predicted molar refractivity (Wildman–Crippen MR) is 67.6 cm³/mol. The third-order valence-corrected chi connectivity index (χ3v) is 3.96. The summed E-state index contributed by atoms with van der Waals surface area (Å²) in [4.78, 5) is 12.1. The minimum Gasteiger partial charge on any atom is -0.391 e. The Morgan fingerprint density at radius 3 is 3.11 bits per heavy atom. The molecule has 0 unspecified atom stereocenters. The average molecular weight is 263 g/mol. The number of aliphatic hydroxyl groups is 1. The van der Waals surface area contributed by atoms with Crippen LogP contribution in [0.4, 0.5) is 0 Å². The summed E-state index contributed by atoms with van der Waals surface area (Å²) in [5, 5.41) is 24.2. The Hall–Kier alpha value is -1.53. The van der Waals surface area contributed by atoms with E-state index in [9.17, 15) is 9.90 Å². The molecule has 3 rings (SSSR count). The van der Waals surface area contributed by atoms with E-state index >= 15 is 0 Å². The van der Waals surface area contributed by atoms with E-state index in [-0.39, 0.29) is 11.9 Å². The van der Waals surface area contributed by atoms with Crippen molar-refractivity contribution in [2.45, 2.75) is 31.4 Å². The van der Waals surface area contributed by atoms with Crippen LogP contribution >= 0.6 is 11.3 Å². The Morgan fingerprint density at radius 2 is 2.33 bits per heavy atom. The number of rotatable bonds is 2. The van der Waals surface area contributed by atoms with Crippen molar-refractivity contribution < 1.29 is 9.90 Å². The molecule has 0 radical (unpaired) electrons. The van der Waals surface area contributed by atoms with Crippen molar-refractivity contribution >= 4 is 17.2 Å². The number of hydrogen-bond donors (Lipinski definition) is 2. The summed E-state index contributed by atoms with van der Waals surface area (Å²) in [5.74, 6) is -0.248. The third-order valence-electron chi connectivity index (χ3n) is 3.29. The molecule has 1 aliphatic carbocycles.